The van der Waals surface area contributed by atoms with Crippen LogP contribution in [0.4, 0.5) is 15.8 Å². The molecule has 0 aliphatic carbocycles. The fraction of sp³-hybridized carbons (Fsp3) is 0.143. The summed E-state index contributed by atoms with van der Waals surface area (Å²) in [6, 6.07) is 1.19. The smallest absolute Gasteiger partial charge is 0.387 e. The largest absolute Gasteiger partial charge is 0.490 e. The molecule has 0 spiro atoms. The average Bonchev–Trinajstić information content (AvgIpc) is 2.15. The van der Waals surface area contributed by atoms with Crippen molar-refractivity contribution in [2.45, 2.75) is 0 Å². The van der Waals surface area contributed by atoms with E-state index >= 15 is 0 Å². The van der Waals surface area contributed by atoms with E-state index in [0.29, 0.717) is 12.1 Å². The number of nitro groups is 2. The summed E-state index contributed by atoms with van der Waals surface area (Å²) in [4.78, 5) is 18.9. The standard InChI is InChI=1S/C7H5FN2O5/c1-15-6-3-4(8)2-5(9(11)12)7(6)10(13)14/h2-3H,1H3. The zero-order valence-electron chi connectivity index (χ0n) is 7.47. The first kappa shape index (κ1) is 10.8. The van der Waals surface area contributed by atoms with Gasteiger partial charge in [0.25, 0.3) is 0 Å². The van der Waals surface area contributed by atoms with Crippen molar-refractivity contribution < 1.29 is 19.0 Å². The van der Waals surface area contributed by atoms with Gasteiger partial charge in [0.15, 0.2) is 0 Å². The average molecular weight is 216 g/mol. The van der Waals surface area contributed by atoms with E-state index in [2.05, 4.69) is 4.74 Å². The molecule has 0 heterocycles. The van der Waals surface area contributed by atoms with E-state index in [1.807, 2.05) is 0 Å². The maximum Gasteiger partial charge on any atom is 0.387 e. The van der Waals surface area contributed by atoms with Crippen molar-refractivity contribution in [3.8, 4) is 5.75 Å². The van der Waals surface area contributed by atoms with Crippen LogP contribution in [0.2, 0.25) is 0 Å². The Kier molecular flexibility index (Phi) is 2.79. The lowest BCUT2D eigenvalue weighted by molar-refractivity contribution is -0.423. The summed E-state index contributed by atoms with van der Waals surface area (Å²) in [5.74, 6) is -1.45. The van der Waals surface area contributed by atoms with Crippen LogP contribution in [-0.2, 0) is 0 Å². The number of nitrogens with zero attached hydrogens (tertiary/aromatic N) is 2. The van der Waals surface area contributed by atoms with Crippen LogP contribution in [-0.4, -0.2) is 17.0 Å². The van der Waals surface area contributed by atoms with Crippen molar-refractivity contribution in [1.82, 2.24) is 0 Å². The molecule has 1 aromatic carbocycles. The second-order valence-corrected chi connectivity index (χ2v) is 2.49. The predicted octanol–water partition coefficient (Wildman–Crippen LogP) is 1.65. The molecule has 0 aromatic heterocycles. The highest BCUT2D eigenvalue weighted by molar-refractivity contribution is 5.61. The topological polar surface area (TPSA) is 95.5 Å². The zero-order valence-corrected chi connectivity index (χ0v) is 7.47. The Hall–Kier alpha value is -2.25. The van der Waals surface area contributed by atoms with E-state index in [1.165, 1.54) is 0 Å². The van der Waals surface area contributed by atoms with E-state index in [0.717, 1.165) is 7.11 Å². The quantitative estimate of drug-likeness (QED) is 0.565. The van der Waals surface area contributed by atoms with E-state index in [1.54, 1.807) is 0 Å². The van der Waals surface area contributed by atoms with Gasteiger partial charge in [-0.2, -0.15) is 0 Å². The first-order valence-electron chi connectivity index (χ1n) is 3.63. The molecule has 1 rings (SSSR count). The Morgan fingerprint density at radius 2 is 1.87 bits per heavy atom. The minimum absolute atomic E-state index is 0.473. The molecule has 1 aromatic rings. The SMILES string of the molecule is COc1cc(F)cc([N+](=O)[O-])c1[N+](=O)[O-]. The summed E-state index contributed by atoms with van der Waals surface area (Å²) in [6.07, 6.45) is 0. The zero-order chi connectivity index (χ0) is 11.6. The summed E-state index contributed by atoms with van der Waals surface area (Å²) >= 11 is 0. The van der Waals surface area contributed by atoms with Gasteiger partial charge in [-0.3, -0.25) is 20.2 Å². The molecule has 0 aliphatic heterocycles. The third kappa shape index (κ3) is 1.98. The fourth-order valence-corrected chi connectivity index (χ4v) is 1.04. The first-order valence-corrected chi connectivity index (χ1v) is 3.63. The number of halogens is 1. The number of nitro benzene ring substituents is 2. The third-order valence-corrected chi connectivity index (χ3v) is 1.62. The Morgan fingerprint density at radius 3 is 2.27 bits per heavy atom. The molecular formula is C7H5FN2O5. The summed E-state index contributed by atoms with van der Waals surface area (Å²) < 4.78 is 17.3. The lowest BCUT2D eigenvalue weighted by atomic mass is 10.2. The van der Waals surface area contributed by atoms with E-state index < -0.39 is 32.8 Å². The van der Waals surface area contributed by atoms with Gasteiger partial charge in [0.1, 0.15) is 5.82 Å². The van der Waals surface area contributed by atoms with Crippen LogP contribution in [0.5, 0.6) is 5.75 Å². The molecule has 0 unspecified atom stereocenters. The highest BCUT2D eigenvalue weighted by atomic mass is 19.1. The van der Waals surface area contributed by atoms with Crippen molar-refractivity contribution >= 4 is 11.4 Å². The summed E-state index contributed by atoms with van der Waals surface area (Å²) in [5.41, 5.74) is -1.79. The fourth-order valence-electron chi connectivity index (χ4n) is 1.04. The lowest BCUT2D eigenvalue weighted by Crippen LogP contribution is -2.00. The Bertz CT molecular complexity index is 434. The molecule has 0 saturated carbocycles. The van der Waals surface area contributed by atoms with Crippen molar-refractivity contribution in [1.29, 1.82) is 0 Å². The van der Waals surface area contributed by atoms with Crippen molar-refractivity contribution in [2.24, 2.45) is 0 Å². The number of benzene rings is 1. The summed E-state index contributed by atoms with van der Waals surface area (Å²) in [7, 11) is 1.06. The van der Waals surface area contributed by atoms with Crippen LogP contribution in [0.3, 0.4) is 0 Å². The van der Waals surface area contributed by atoms with Crippen LogP contribution < -0.4 is 4.74 Å². The van der Waals surface area contributed by atoms with Crippen molar-refractivity contribution in [3.05, 3.63) is 38.2 Å². The van der Waals surface area contributed by atoms with Crippen molar-refractivity contribution in [3.63, 3.8) is 0 Å². The van der Waals surface area contributed by atoms with Crippen LogP contribution in [0, 0.1) is 26.0 Å². The minimum Gasteiger partial charge on any atom is -0.490 e. The van der Waals surface area contributed by atoms with Gasteiger partial charge in [0.05, 0.1) is 23.0 Å². The number of hydrogen-bond acceptors (Lipinski definition) is 5. The van der Waals surface area contributed by atoms with Gasteiger partial charge in [-0.05, 0) is 0 Å². The van der Waals surface area contributed by atoms with Crippen LogP contribution in [0.15, 0.2) is 12.1 Å². The molecule has 15 heavy (non-hydrogen) atoms. The molecule has 80 valence electrons. The monoisotopic (exact) mass is 216 g/mol. The van der Waals surface area contributed by atoms with Gasteiger partial charge in [0.2, 0.25) is 5.75 Å². The molecular weight excluding hydrogens is 211 g/mol. The normalized spacial score (nSPS) is 9.73. The molecule has 0 fully saturated rings. The number of ether oxygens (including phenoxy) is 1. The van der Waals surface area contributed by atoms with Gasteiger partial charge in [-0.1, -0.05) is 0 Å². The number of methoxy groups -OCH3 is 1. The summed E-state index contributed by atoms with van der Waals surface area (Å²) in [5, 5.41) is 20.9. The van der Waals surface area contributed by atoms with Crippen LogP contribution in [0.1, 0.15) is 0 Å². The number of rotatable bonds is 3. The van der Waals surface area contributed by atoms with Gasteiger partial charge < -0.3 is 4.74 Å². The Balaban J connectivity index is 3.54. The maximum absolute atomic E-state index is 12.8. The van der Waals surface area contributed by atoms with Gasteiger partial charge in [0, 0.05) is 6.07 Å². The molecule has 0 N–H and O–H groups in total. The highest BCUT2D eigenvalue weighted by Gasteiger charge is 2.30. The second-order valence-electron chi connectivity index (χ2n) is 2.49. The van der Waals surface area contributed by atoms with Crippen LogP contribution in [0.25, 0.3) is 0 Å². The van der Waals surface area contributed by atoms with E-state index in [4.69, 9.17) is 0 Å². The Morgan fingerprint density at radius 1 is 1.27 bits per heavy atom. The lowest BCUT2D eigenvalue weighted by Gasteiger charge is -2.01. The first-order chi connectivity index (χ1) is 6.97. The predicted molar refractivity (Wildman–Crippen MR) is 46.3 cm³/mol. The van der Waals surface area contributed by atoms with E-state index in [9.17, 15) is 24.6 Å². The molecule has 0 amide bonds. The third-order valence-electron chi connectivity index (χ3n) is 1.62. The molecule has 0 atom stereocenters. The van der Waals surface area contributed by atoms with E-state index in [-0.39, 0.29) is 0 Å². The molecule has 0 saturated heterocycles. The number of hydrogen-bond donors (Lipinski definition) is 0. The molecule has 0 radical (unpaired) electrons. The molecule has 0 bridgehead atoms. The van der Waals surface area contributed by atoms with Gasteiger partial charge in [-0.15, -0.1) is 0 Å². The Labute approximate surface area is 82.4 Å². The molecule has 7 nitrogen and oxygen atoms in total. The molecule has 0 aliphatic rings. The van der Waals surface area contributed by atoms with Crippen molar-refractivity contribution in [2.75, 3.05) is 7.11 Å². The summed E-state index contributed by atoms with van der Waals surface area (Å²) in [6.45, 7) is 0. The minimum atomic E-state index is -1.04. The second kappa shape index (κ2) is 3.86. The highest BCUT2D eigenvalue weighted by Crippen LogP contribution is 2.36. The van der Waals surface area contributed by atoms with Crippen LogP contribution >= 0.6 is 0 Å². The maximum atomic E-state index is 12.8. The van der Waals surface area contributed by atoms with Gasteiger partial charge >= 0.3 is 11.4 Å². The molecule has 8 heteroatoms. The van der Waals surface area contributed by atoms with Gasteiger partial charge in [-0.25, -0.2) is 4.39 Å².